The molecule has 0 saturated carbocycles. The van der Waals surface area contributed by atoms with E-state index >= 15 is 0 Å². The maximum Gasteiger partial charge on any atom is 0.259 e. The lowest BCUT2D eigenvalue weighted by Crippen LogP contribution is -2.50. The third-order valence-corrected chi connectivity index (χ3v) is 2.46. The van der Waals surface area contributed by atoms with Crippen LogP contribution in [0.1, 0.15) is 33.1 Å². The summed E-state index contributed by atoms with van der Waals surface area (Å²) in [7, 11) is 0. The van der Waals surface area contributed by atoms with Gasteiger partial charge in [-0.05, 0) is 12.8 Å². The maximum atomic E-state index is 11.6. The minimum atomic E-state index is -0.622. The van der Waals surface area contributed by atoms with E-state index in [2.05, 4.69) is 10.3 Å². The molecule has 2 atom stereocenters. The summed E-state index contributed by atoms with van der Waals surface area (Å²) >= 11 is 0. The summed E-state index contributed by atoms with van der Waals surface area (Å²) in [6.07, 6.45) is 1.97. The molecule has 0 radical (unpaired) electrons. The van der Waals surface area contributed by atoms with Gasteiger partial charge in [0.15, 0.2) is 0 Å². The fourth-order valence-electron chi connectivity index (χ4n) is 1.46. The summed E-state index contributed by atoms with van der Waals surface area (Å²) in [5, 5.41) is 2.60. The van der Waals surface area contributed by atoms with Crippen LogP contribution in [-0.2, 0) is 9.59 Å². The number of carbonyl (C=O) groups excluding carboxylic acids is 2. The normalized spacial score (nSPS) is 23.4. The van der Waals surface area contributed by atoms with E-state index in [0.29, 0.717) is 18.7 Å². The highest BCUT2D eigenvalue weighted by atomic mass is 16.2. The largest absolute Gasteiger partial charge is 0.321 e. The first-order valence-corrected chi connectivity index (χ1v) is 5.29. The molecule has 0 bridgehead atoms. The van der Waals surface area contributed by atoms with Gasteiger partial charge >= 0.3 is 0 Å². The quantitative estimate of drug-likeness (QED) is 0.651. The zero-order chi connectivity index (χ0) is 11.4. The first kappa shape index (κ1) is 11.8. The second-order valence-corrected chi connectivity index (χ2v) is 3.68. The number of nitrogens with zero attached hydrogens (tertiary/aromatic N) is 1. The zero-order valence-electron chi connectivity index (χ0n) is 9.12. The van der Waals surface area contributed by atoms with E-state index < -0.39 is 5.92 Å². The maximum absolute atomic E-state index is 11.6. The van der Waals surface area contributed by atoms with Crippen molar-refractivity contribution < 1.29 is 9.59 Å². The van der Waals surface area contributed by atoms with E-state index in [9.17, 15) is 9.59 Å². The van der Waals surface area contributed by atoms with Crippen LogP contribution in [0.2, 0.25) is 0 Å². The number of aliphatic imine (C=N–C) groups is 1. The minimum absolute atomic E-state index is 0.268. The Bertz CT molecular complexity index is 299. The highest BCUT2D eigenvalue weighted by Crippen LogP contribution is 2.13. The van der Waals surface area contributed by atoms with Gasteiger partial charge in [-0.2, -0.15) is 4.99 Å². The number of carbonyl (C=O) groups is 2. The Labute approximate surface area is 89.1 Å². The van der Waals surface area contributed by atoms with Crippen molar-refractivity contribution in [3.05, 3.63) is 0 Å². The molecular weight excluding hydrogens is 194 g/mol. The van der Waals surface area contributed by atoms with Gasteiger partial charge in [0.25, 0.3) is 5.91 Å². The van der Waals surface area contributed by atoms with Gasteiger partial charge in [0.05, 0.1) is 6.04 Å². The van der Waals surface area contributed by atoms with Crippen LogP contribution in [0.4, 0.5) is 0 Å². The number of nitrogens with one attached hydrogen (secondary N) is 1. The van der Waals surface area contributed by atoms with Gasteiger partial charge in [0.1, 0.15) is 11.8 Å². The SMILES string of the molecule is CCCC1C(=O)N=C(C(N)CC)NC1=O. The number of hydrogen-bond donors (Lipinski definition) is 2. The molecule has 2 unspecified atom stereocenters. The van der Waals surface area contributed by atoms with Crippen LogP contribution in [-0.4, -0.2) is 23.7 Å². The van der Waals surface area contributed by atoms with E-state index in [0.717, 1.165) is 6.42 Å². The third-order valence-electron chi connectivity index (χ3n) is 2.46. The lowest BCUT2D eigenvalue weighted by molar-refractivity contribution is -0.133. The first-order chi connectivity index (χ1) is 7.10. The van der Waals surface area contributed by atoms with Crippen LogP contribution in [0, 0.1) is 5.92 Å². The van der Waals surface area contributed by atoms with Crippen LogP contribution >= 0.6 is 0 Å². The molecule has 0 aromatic heterocycles. The summed E-state index contributed by atoms with van der Waals surface area (Å²) in [5.41, 5.74) is 5.69. The Morgan fingerprint density at radius 2 is 2.13 bits per heavy atom. The molecule has 0 aliphatic carbocycles. The molecule has 1 aliphatic rings. The van der Waals surface area contributed by atoms with Gasteiger partial charge in [-0.15, -0.1) is 0 Å². The van der Waals surface area contributed by atoms with Crippen molar-refractivity contribution in [3.63, 3.8) is 0 Å². The summed E-state index contributed by atoms with van der Waals surface area (Å²) in [6.45, 7) is 3.81. The predicted octanol–water partition coefficient (Wildman–Crippen LogP) is 0.195. The summed E-state index contributed by atoms with van der Waals surface area (Å²) in [5.74, 6) is -0.946. The van der Waals surface area contributed by atoms with Crippen molar-refractivity contribution in [1.29, 1.82) is 0 Å². The smallest absolute Gasteiger partial charge is 0.259 e. The standard InChI is InChI=1S/C10H17N3O2/c1-3-5-6-9(14)12-8(7(11)4-2)13-10(6)15/h6-7H,3-5,11H2,1-2H3,(H,12,13,14,15). The third kappa shape index (κ3) is 2.62. The molecule has 1 rings (SSSR count). The van der Waals surface area contributed by atoms with Crippen LogP contribution in [0.5, 0.6) is 0 Å². The fourth-order valence-corrected chi connectivity index (χ4v) is 1.46. The molecule has 3 N–H and O–H groups in total. The van der Waals surface area contributed by atoms with E-state index in [4.69, 9.17) is 5.73 Å². The molecule has 0 fully saturated rings. The molecule has 2 amide bonds. The average Bonchev–Trinajstić information content (AvgIpc) is 2.22. The highest BCUT2D eigenvalue weighted by molar-refractivity contribution is 6.17. The van der Waals surface area contributed by atoms with Crippen LogP contribution in [0.15, 0.2) is 4.99 Å². The van der Waals surface area contributed by atoms with Gasteiger partial charge in [0, 0.05) is 0 Å². The second kappa shape index (κ2) is 5.02. The minimum Gasteiger partial charge on any atom is -0.321 e. The Hall–Kier alpha value is -1.23. The van der Waals surface area contributed by atoms with Crippen molar-refractivity contribution in [2.75, 3.05) is 0 Å². The Morgan fingerprint density at radius 3 is 2.60 bits per heavy atom. The zero-order valence-corrected chi connectivity index (χ0v) is 9.12. The molecule has 15 heavy (non-hydrogen) atoms. The molecule has 0 aromatic rings. The molecule has 5 nitrogen and oxygen atoms in total. The Kier molecular flexibility index (Phi) is 3.96. The molecule has 5 heteroatoms. The molecule has 0 saturated heterocycles. The predicted molar refractivity (Wildman–Crippen MR) is 57.2 cm³/mol. The number of hydrogen-bond acceptors (Lipinski definition) is 3. The monoisotopic (exact) mass is 211 g/mol. The van der Waals surface area contributed by atoms with Gasteiger partial charge in [-0.25, -0.2) is 0 Å². The van der Waals surface area contributed by atoms with Gasteiger partial charge < -0.3 is 11.1 Å². The van der Waals surface area contributed by atoms with E-state index in [-0.39, 0.29) is 17.9 Å². The molecule has 0 aromatic carbocycles. The molecule has 84 valence electrons. The lowest BCUT2D eigenvalue weighted by Gasteiger charge is -2.22. The molecule has 1 heterocycles. The lowest BCUT2D eigenvalue weighted by atomic mass is 10.00. The number of nitrogens with two attached hydrogens (primary N) is 1. The van der Waals surface area contributed by atoms with Crippen molar-refractivity contribution in [1.82, 2.24) is 5.32 Å². The number of amides is 2. The van der Waals surface area contributed by atoms with Crippen LogP contribution in [0.25, 0.3) is 0 Å². The van der Waals surface area contributed by atoms with Crippen molar-refractivity contribution >= 4 is 17.6 Å². The Morgan fingerprint density at radius 1 is 1.47 bits per heavy atom. The average molecular weight is 211 g/mol. The number of amidine groups is 1. The second-order valence-electron chi connectivity index (χ2n) is 3.68. The fraction of sp³-hybridized carbons (Fsp3) is 0.700. The van der Waals surface area contributed by atoms with Crippen LogP contribution < -0.4 is 11.1 Å². The van der Waals surface area contributed by atoms with Gasteiger partial charge in [-0.1, -0.05) is 20.3 Å². The van der Waals surface area contributed by atoms with E-state index in [1.165, 1.54) is 0 Å². The van der Waals surface area contributed by atoms with Crippen molar-refractivity contribution in [3.8, 4) is 0 Å². The molecular formula is C10H17N3O2. The topological polar surface area (TPSA) is 84.6 Å². The summed E-state index contributed by atoms with van der Waals surface area (Å²) in [4.78, 5) is 26.9. The van der Waals surface area contributed by atoms with Crippen LogP contribution in [0.3, 0.4) is 0 Å². The summed E-state index contributed by atoms with van der Waals surface area (Å²) < 4.78 is 0. The highest BCUT2D eigenvalue weighted by Gasteiger charge is 2.32. The number of rotatable bonds is 4. The van der Waals surface area contributed by atoms with E-state index in [1.807, 2.05) is 13.8 Å². The van der Waals surface area contributed by atoms with Crippen molar-refractivity contribution in [2.24, 2.45) is 16.6 Å². The van der Waals surface area contributed by atoms with E-state index in [1.54, 1.807) is 0 Å². The van der Waals surface area contributed by atoms with Gasteiger partial charge in [0.2, 0.25) is 5.91 Å². The Balaban J connectivity index is 2.80. The van der Waals surface area contributed by atoms with Crippen molar-refractivity contribution in [2.45, 2.75) is 39.2 Å². The molecule has 0 spiro atoms. The summed E-state index contributed by atoms with van der Waals surface area (Å²) in [6, 6.07) is -0.361. The first-order valence-electron chi connectivity index (χ1n) is 5.29. The molecule has 1 aliphatic heterocycles. The van der Waals surface area contributed by atoms with Gasteiger partial charge in [-0.3, -0.25) is 9.59 Å².